The molecule has 0 aliphatic carbocycles. The van der Waals surface area contributed by atoms with Gasteiger partial charge in [-0.2, -0.15) is 0 Å². The van der Waals surface area contributed by atoms with Crippen molar-refractivity contribution in [1.29, 1.82) is 0 Å². The number of rotatable bonds is 0. The van der Waals surface area contributed by atoms with E-state index in [0.29, 0.717) is 6.61 Å². The Morgan fingerprint density at radius 2 is 2.10 bits per heavy atom. The summed E-state index contributed by atoms with van der Waals surface area (Å²) in [5.74, 6) is 0. The summed E-state index contributed by atoms with van der Waals surface area (Å²) in [7, 11) is 3.86. The molecule has 0 saturated carbocycles. The van der Waals surface area contributed by atoms with Crippen LogP contribution in [0.3, 0.4) is 0 Å². The fourth-order valence-electron chi connectivity index (χ4n) is 0.794. The molecule has 1 aliphatic rings. The van der Waals surface area contributed by atoms with Crippen LogP contribution in [0.25, 0.3) is 0 Å². The van der Waals surface area contributed by atoms with Gasteiger partial charge in [-0.15, -0.1) is 0 Å². The first-order valence-corrected chi connectivity index (χ1v) is 3.41. The second-order valence-electron chi connectivity index (χ2n) is 3.39. The highest BCUT2D eigenvalue weighted by molar-refractivity contribution is 5.75. The van der Waals surface area contributed by atoms with Crippen molar-refractivity contribution in [3.8, 4) is 0 Å². The zero-order valence-corrected chi connectivity index (χ0v) is 7.01. The zero-order valence-electron chi connectivity index (χ0n) is 7.01. The van der Waals surface area contributed by atoms with Crippen molar-refractivity contribution in [2.24, 2.45) is 4.99 Å². The minimum Gasteiger partial charge on any atom is -0.463 e. The van der Waals surface area contributed by atoms with Crippen molar-refractivity contribution in [2.45, 2.75) is 19.4 Å². The molecule has 0 aromatic heterocycles. The minimum absolute atomic E-state index is 0.0282. The van der Waals surface area contributed by atoms with Gasteiger partial charge in [0.05, 0.1) is 5.54 Å². The van der Waals surface area contributed by atoms with Gasteiger partial charge in [0.15, 0.2) is 0 Å². The average Bonchev–Trinajstić information content (AvgIpc) is 2.10. The highest BCUT2D eigenvalue weighted by atomic mass is 16.5. The third-order valence-electron chi connectivity index (χ3n) is 1.34. The van der Waals surface area contributed by atoms with Crippen LogP contribution in [-0.4, -0.2) is 37.2 Å². The Labute approximate surface area is 61.7 Å². The molecule has 0 N–H and O–H groups in total. The predicted molar refractivity (Wildman–Crippen MR) is 41.2 cm³/mol. The molecule has 3 nitrogen and oxygen atoms in total. The van der Waals surface area contributed by atoms with Crippen molar-refractivity contribution >= 4 is 6.02 Å². The number of ether oxygens (including phenoxy) is 1. The molecule has 0 aromatic carbocycles. The van der Waals surface area contributed by atoms with Crippen LogP contribution in [0, 0.1) is 0 Å². The third kappa shape index (κ3) is 1.40. The normalized spacial score (nSPS) is 21.8. The van der Waals surface area contributed by atoms with Crippen LogP contribution >= 0.6 is 0 Å². The van der Waals surface area contributed by atoms with Crippen molar-refractivity contribution in [3.05, 3.63) is 0 Å². The van der Waals surface area contributed by atoms with Gasteiger partial charge in [0.1, 0.15) is 6.61 Å². The monoisotopic (exact) mass is 142 g/mol. The molecule has 0 radical (unpaired) electrons. The summed E-state index contributed by atoms with van der Waals surface area (Å²) >= 11 is 0. The van der Waals surface area contributed by atoms with E-state index in [-0.39, 0.29) is 5.54 Å². The Hall–Kier alpha value is -0.730. The van der Waals surface area contributed by atoms with Gasteiger partial charge < -0.3 is 9.64 Å². The van der Waals surface area contributed by atoms with E-state index in [4.69, 9.17) is 4.74 Å². The number of nitrogens with zero attached hydrogens (tertiary/aromatic N) is 2. The number of amidine groups is 1. The fraction of sp³-hybridized carbons (Fsp3) is 0.857. The average molecular weight is 142 g/mol. The molecule has 0 atom stereocenters. The molecule has 10 heavy (non-hydrogen) atoms. The predicted octanol–water partition coefficient (Wildman–Crippen LogP) is 0.713. The molecule has 1 heterocycles. The number of hydrogen-bond donors (Lipinski definition) is 0. The molecule has 0 bridgehead atoms. The zero-order chi connectivity index (χ0) is 7.78. The van der Waals surface area contributed by atoms with E-state index >= 15 is 0 Å². The molecule has 0 unspecified atom stereocenters. The SMILES string of the molecule is CN(C)C1=NC(C)(C)CO1. The molecule has 58 valence electrons. The van der Waals surface area contributed by atoms with Crippen molar-refractivity contribution in [3.63, 3.8) is 0 Å². The first-order chi connectivity index (χ1) is 4.51. The molecule has 1 rings (SSSR count). The molecule has 0 saturated heterocycles. The maximum atomic E-state index is 5.31. The van der Waals surface area contributed by atoms with Crippen LogP contribution in [0.2, 0.25) is 0 Å². The lowest BCUT2D eigenvalue weighted by Crippen LogP contribution is -2.21. The van der Waals surface area contributed by atoms with Crippen LogP contribution in [0.15, 0.2) is 4.99 Å². The topological polar surface area (TPSA) is 24.8 Å². The van der Waals surface area contributed by atoms with Gasteiger partial charge in [-0.05, 0) is 13.8 Å². The van der Waals surface area contributed by atoms with Gasteiger partial charge in [-0.3, -0.25) is 0 Å². The quantitative estimate of drug-likeness (QED) is 0.497. The van der Waals surface area contributed by atoms with E-state index in [1.54, 1.807) is 0 Å². The van der Waals surface area contributed by atoms with E-state index < -0.39 is 0 Å². The summed E-state index contributed by atoms with van der Waals surface area (Å²) in [4.78, 5) is 6.22. The van der Waals surface area contributed by atoms with Gasteiger partial charge in [-0.1, -0.05) is 0 Å². The lowest BCUT2D eigenvalue weighted by Gasteiger charge is -2.09. The van der Waals surface area contributed by atoms with Gasteiger partial charge in [0.2, 0.25) is 0 Å². The highest BCUT2D eigenvalue weighted by Gasteiger charge is 2.26. The Kier molecular flexibility index (Phi) is 1.58. The third-order valence-corrected chi connectivity index (χ3v) is 1.34. The number of hydrogen-bond acceptors (Lipinski definition) is 3. The fourth-order valence-corrected chi connectivity index (χ4v) is 0.794. The molecule has 0 spiro atoms. The van der Waals surface area contributed by atoms with Gasteiger partial charge in [-0.25, -0.2) is 4.99 Å². The molecular formula is C7H14N2O. The molecule has 1 aliphatic heterocycles. The Morgan fingerprint density at radius 3 is 2.30 bits per heavy atom. The molecule has 0 fully saturated rings. The van der Waals surface area contributed by atoms with Crippen LogP contribution in [0.1, 0.15) is 13.8 Å². The van der Waals surface area contributed by atoms with E-state index in [9.17, 15) is 0 Å². The van der Waals surface area contributed by atoms with Gasteiger partial charge in [0, 0.05) is 14.1 Å². The Balaban J connectivity index is 2.66. The Morgan fingerprint density at radius 1 is 1.50 bits per heavy atom. The maximum absolute atomic E-state index is 5.31. The summed E-state index contributed by atoms with van der Waals surface area (Å²) in [6.45, 7) is 4.81. The van der Waals surface area contributed by atoms with Gasteiger partial charge >= 0.3 is 0 Å². The van der Waals surface area contributed by atoms with Crippen LogP contribution in [0.5, 0.6) is 0 Å². The maximum Gasteiger partial charge on any atom is 0.287 e. The summed E-state index contributed by atoms with van der Waals surface area (Å²) in [5, 5.41) is 0. The summed E-state index contributed by atoms with van der Waals surface area (Å²) in [5.41, 5.74) is -0.0282. The second-order valence-corrected chi connectivity index (χ2v) is 3.39. The molecular weight excluding hydrogens is 128 g/mol. The van der Waals surface area contributed by atoms with E-state index in [0.717, 1.165) is 6.02 Å². The lowest BCUT2D eigenvalue weighted by atomic mass is 10.1. The van der Waals surface area contributed by atoms with E-state index in [1.807, 2.05) is 19.0 Å². The smallest absolute Gasteiger partial charge is 0.287 e. The molecule has 0 aromatic rings. The molecule has 0 amide bonds. The lowest BCUT2D eigenvalue weighted by molar-refractivity contribution is 0.251. The summed E-state index contributed by atoms with van der Waals surface area (Å²) in [6, 6.07) is 0.741. The Bertz CT molecular complexity index is 161. The minimum atomic E-state index is -0.0282. The van der Waals surface area contributed by atoms with Crippen LogP contribution in [-0.2, 0) is 4.74 Å². The van der Waals surface area contributed by atoms with Crippen molar-refractivity contribution < 1.29 is 4.74 Å². The largest absolute Gasteiger partial charge is 0.463 e. The van der Waals surface area contributed by atoms with Gasteiger partial charge in [0.25, 0.3) is 6.02 Å². The van der Waals surface area contributed by atoms with Crippen molar-refractivity contribution in [2.75, 3.05) is 20.7 Å². The summed E-state index contributed by atoms with van der Waals surface area (Å²) < 4.78 is 5.31. The second kappa shape index (κ2) is 2.15. The first kappa shape index (κ1) is 7.38. The molecule has 3 heteroatoms. The van der Waals surface area contributed by atoms with Crippen molar-refractivity contribution in [1.82, 2.24) is 4.90 Å². The van der Waals surface area contributed by atoms with Crippen LogP contribution < -0.4 is 0 Å². The summed E-state index contributed by atoms with van der Waals surface area (Å²) in [6.07, 6.45) is 0. The van der Waals surface area contributed by atoms with Crippen LogP contribution in [0.4, 0.5) is 0 Å². The highest BCUT2D eigenvalue weighted by Crippen LogP contribution is 2.16. The van der Waals surface area contributed by atoms with E-state index in [2.05, 4.69) is 18.8 Å². The standard InChI is InChI=1S/C7H14N2O/c1-7(2)5-10-6(8-7)9(3)4/h5H2,1-4H3. The first-order valence-electron chi connectivity index (χ1n) is 3.41. The number of aliphatic imine (C=N–C) groups is 1. The van der Waals surface area contributed by atoms with E-state index in [1.165, 1.54) is 0 Å².